The average molecular weight is 284 g/mol. The van der Waals surface area contributed by atoms with Crippen LogP contribution in [0.2, 0.25) is 0 Å². The molecule has 0 spiro atoms. The van der Waals surface area contributed by atoms with Crippen LogP contribution in [0.1, 0.15) is 39.5 Å². The van der Waals surface area contributed by atoms with Gasteiger partial charge in [0.1, 0.15) is 0 Å². The molecule has 3 N–H and O–H groups in total. The van der Waals surface area contributed by atoms with Gasteiger partial charge >= 0.3 is 0 Å². The topological polar surface area (TPSA) is 38.0 Å². The van der Waals surface area contributed by atoms with Crippen LogP contribution in [0.3, 0.4) is 0 Å². The summed E-state index contributed by atoms with van der Waals surface area (Å²) in [6.07, 6.45) is 18.3. The lowest BCUT2D eigenvalue weighted by Gasteiger charge is -2.39. The van der Waals surface area contributed by atoms with Crippen LogP contribution in [-0.4, -0.2) is 18.1 Å². The van der Waals surface area contributed by atoms with Gasteiger partial charge in [-0.1, -0.05) is 42.0 Å². The predicted octanol–water partition coefficient (Wildman–Crippen LogP) is 3.48. The molecule has 0 aromatic rings. The molecule has 3 aliphatic rings. The molecule has 0 radical (unpaired) electrons. The highest BCUT2D eigenvalue weighted by Crippen LogP contribution is 2.32. The molecular formula is C19H28N2. The minimum atomic E-state index is 0.146. The second kappa shape index (κ2) is 6.33. The van der Waals surface area contributed by atoms with Crippen LogP contribution in [0.25, 0.3) is 0 Å². The van der Waals surface area contributed by atoms with Crippen molar-refractivity contribution in [2.75, 3.05) is 0 Å². The van der Waals surface area contributed by atoms with Crippen LogP contribution in [-0.2, 0) is 0 Å². The summed E-state index contributed by atoms with van der Waals surface area (Å²) in [5.41, 5.74) is 9.29. The van der Waals surface area contributed by atoms with E-state index in [1.165, 1.54) is 24.8 Å². The lowest BCUT2D eigenvalue weighted by Crippen LogP contribution is -2.51. The Balaban J connectivity index is 1.66. The van der Waals surface area contributed by atoms with Gasteiger partial charge in [-0.15, -0.1) is 0 Å². The quantitative estimate of drug-likeness (QED) is 0.779. The van der Waals surface area contributed by atoms with E-state index in [0.717, 1.165) is 12.3 Å². The number of rotatable bonds is 3. The van der Waals surface area contributed by atoms with E-state index in [9.17, 15) is 0 Å². The van der Waals surface area contributed by atoms with Gasteiger partial charge in [-0.2, -0.15) is 0 Å². The molecule has 114 valence electrons. The molecule has 21 heavy (non-hydrogen) atoms. The summed E-state index contributed by atoms with van der Waals surface area (Å²) in [5.74, 6) is 1.20. The predicted molar refractivity (Wildman–Crippen MR) is 89.9 cm³/mol. The second-order valence-corrected chi connectivity index (χ2v) is 6.94. The fourth-order valence-corrected chi connectivity index (χ4v) is 4.00. The molecule has 3 aliphatic carbocycles. The highest BCUT2D eigenvalue weighted by Gasteiger charge is 2.33. The first-order valence-corrected chi connectivity index (χ1v) is 8.37. The fourth-order valence-electron chi connectivity index (χ4n) is 4.00. The van der Waals surface area contributed by atoms with Crippen molar-refractivity contribution < 1.29 is 0 Å². The lowest BCUT2D eigenvalue weighted by atomic mass is 9.76. The zero-order chi connectivity index (χ0) is 14.8. The van der Waals surface area contributed by atoms with E-state index in [-0.39, 0.29) is 6.04 Å². The lowest BCUT2D eigenvalue weighted by molar-refractivity contribution is 0.271. The van der Waals surface area contributed by atoms with Crippen molar-refractivity contribution in [2.24, 2.45) is 17.6 Å². The van der Waals surface area contributed by atoms with Crippen LogP contribution in [0.15, 0.2) is 47.6 Å². The number of nitrogens with two attached hydrogens (primary N) is 1. The molecule has 5 atom stereocenters. The third-order valence-electron chi connectivity index (χ3n) is 5.42. The zero-order valence-electron chi connectivity index (χ0n) is 13.3. The van der Waals surface area contributed by atoms with Crippen LogP contribution < -0.4 is 11.1 Å². The number of fused-ring (bicyclic) bond motifs is 1. The Morgan fingerprint density at radius 3 is 2.95 bits per heavy atom. The third kappa shape index (κ3) is 3.22. The molecule has 0 bridgehead atoms. The molecule has 0 aromatic heterocycles. The largest absolute Gasteiger partial charge is 0.324 e. The zero-order valence-corrected chi connectivity index (χ0v) is 13.3. The van der Waals surface area contributed by atoms with Crippen molar-refractivity contribution >= 4 is 0 Å². The maximum absolute atomic E-state index is 6.34. The molecule has 0 fully saturated rings. The monoisotopic (exact) mass is 284 g/mol. The van der Waals surface area contributed by atoms with Gasteiger partial charge in [0, 0.05) is 24.0 Å². The Morgan fingerprint density at radius 1 is 1.33 bits per heavy atom. The Bertz CT molecular complexity index is 498. The van der Waals surface area contributed by atoms with Crippen LogP contribution >= 0.6 is 0 Å². The van der Waals surface area contributed by atoms with Gasteiger partial charge in [0.05, 0.1) is 0 Å². The molecule has 0 aliphatic heterocycles. The Morgan fingerprint density at radius 2 is 2.19 bits per heavy atom. The van der Waals surface area contributed by atoms with E-state index in [2.05, 4.69) is 55.6 Å². The Hall–Kier alpha value is -1.12. The number of hydrogen-bond acceptors (Lipinski definition) is 2. The molecule has 2 nitrogen and oxygen atoms in total. The van der Waals surface area contributed by atoms with E-state index >= 15 is 0 Å². The average Bonchev–Trinajstić information content (AvgIpc) is 2.48. The molecule has 0 amide bonds. The minimum Gasteiger partial charge on any atom is -0.324 e. The first-order valence-electron chi connectivity index (χ1n) is 8.37. The van der Waals surface area contributed by atoms with Crippen molar-refractivity contribution in [3.8, 4) is 0 Å². The maximum Gasteiger partial charge on any atom is 0.0311 e. The van der Waals surface area contributed by atoms with Crippen molar-refractivity contribution in [3.05, 3.63) is 47.6 Å². The molecule has 0 aromatic carbocycles. The SMILES string of the molecule is CC1=CCC(C(C)NC2CC=CC3=CC=CC(N)C32)CC1. The van der Waals surface area contributed by atoms with Crippen LogP contribution in [0.4, 0.5) is 0 Å². The van der Waals surface area contributed by atoms with E-state index in [1.54, 1.807) is 5.57 Å². The van der Waals surface area contributed by atoms with Gasteiger partial charge in [0.2, 0.25) is 0 Å². The van der Waals surface area contributed by atoms with Crippen LogP contribution in [0, 0.1) is 11.8 Å². The first-order chi connectivity index (χ1) is 10.1. The first kappa shape index (κ1) is 14.8. The molecule has 5 unspecified atom stereocenters. The summed E-state index contributed by atoms with van der Waals surface area (Å²) in [6, 6.07) is 1.18. The number of nitrogens with one attached hydrogen (secondary N) is 1. The summed E-state index contributed by atoms with van der Waals surface area (Å²) in [5, 5.41) is 3.90. The smallest absolute Gasteiger partial charge is 0.0311 e. The summed E-state index contributed by atoms with van der Waals surface area (Å²) >= 11 is 0. The van der Waals surface area contributed by atoms with Crippen molar-refractivity contribution in [2.45, 2.75) is 57.7 Å². The highest BCUT2D eigenvalue weighted by molar-refractivity contribution is 5.37. The van der Waals surface area contributed by atoms with Gasteiger partial charge in [0.15, 0.2) is 0 Å². The number of hydrogen-bond donors (Lipinski definition) is 2. The number of allylic oxidation sites excluding steroid dienone is 5. The standard InChI is InChI=1S/C19H28N2/c1-13-9-11-15(12-10-13)14(2)21-18-8-4-6-16-5-3-7-17(20)19(16)18/h3-7,9,14-15,17-19,21H,8,10-12,20H2,1-2H3. The second-order valence-electron chi connectivity index (χ2n) is 6.94. The molecular weight excluding hydrogens is 256 g/mol. The minimum absolute atomic E-state index is 0.146. The van der Waals surface area contributed by atoms with Gasteiger partial charge < -0.3 is 11.1 Å². The highest BCUT2D eigenvalue weighted by atomic mass is 15.0. The van der Waals surface area contributed by atoms with E-state index in [4.69, 9.17) is 5.73 Å². The van der Waals surface area contributed by atoms with Gasteiger partial charge in [0.25, 0.3) is 0 Å². The van der Waals surface area contributed by atoms with E-state index in [1.807, 2.05) is 0 Å². The molecule has 3 rings (SSSR count). The van der Waals surface area contributed by atoms with Crippen LogP contribution in [0.5, 0.6) is 0 Å². The Labute approximate surface area is 128 Å². The van der Waals surface area contributed by atoms with E-state index < -0.39 is 0 Å². The summed E-state index contributed by atoms with van der Waals surface area (Å²) in [7, 11) is 0. The molecule has 0 saturated heterocycles. The van der Waals surface area contributed by atoms with Gasteiger partial charge in [-0.25, -0.2) is 0 Å². The Kier molecular flexibility index (Phi) is 4.46. The summed E-state index contributed by atoms with van der Waals surface area (Å²) < 4.78 is 0. The van der Waals surface area contributed by atoms with Crippen molar-refractivity contribution in [1.82, 2.24) is 5.32 Å². The molecule has 0 saturated carbocycles. The normalized spacial score (nSPS) is 36.7. The summed E-state index contributed by atoms with van der Waals surface area (Å²) in [6.45, 7) is 4.61. The van der Waals surface area contributed by atoms with E-state index in [0.29, 0.717) is 18.0 Å². The fraction of sp³-hybridized carbons (Fsp3) is 0.579. The van der Waals surface area contributed by atoms with Crippen molar-refractivity contribution in [3.63, 3.8) is 0 Å². The van der Waals surface area contributed by atoms with Gasteiger partial charge in [-0.3, -0.25) is 0 Å². The van der Waals surface area contributed by atoms with Gasteiger partial charge in [-0.05, 0) is 51.0 Å². The van der Waals surface area contributed by atoms with Crippen molar-refractivity contribution in [1.29, 1.82) is 0 Å². The molecule has 2 heteroatoms. The third-order valence-corrected chi connectivity index (χ3v) is 5.42. The summed E-state index contributed by atoms with van der Waals surface area (Å²) in [4.78, 5) is 0. The molecule has 0 heterocycles. The maximum atomic E-state index is 6.34.